The van der Waals surface area contributed by atoms with Crippen LogP contribution in [-0.2, 0) is 9.53 Å². The second-order valence-electron chi connectivity index (χ2n) is 6.47. The molecule has 1 aliphatic heterocycles. The van der Waals surface area contributed by atoms with E-state index in [1.807, 2.05) is 22.9 Å². The van der Waals surface area contributed by atoms with Gasteiger partial charge in [-0.05, 0) is 36.4 Å². The molecule has 144 valence electrons. The van der Waals surface area contributed by atoms with E-state index in [-0.39, 0.29) is 17.7 Å². The summed E-state index contributed by atoms with van der Waals surface area (Å²) in [5, 5.41) is 9.84. The fourth-order valence-electron chi connectivity index (χ4n) is 3.58. The molecule has 3 aromatic rings. The highest BCUT2D eigenvalue weighted by atomic mass is 35.5. The zero-order chi connectivity index (χ0) is 19.8. The van der Waals surface area contributed by atoms with E-state index in [0.717, 1.165) is 5.69 Å². The van der Waals surface area contributed by atoms with Gasteiger partial charge in [-0.3, -0.25) is 4.79 Å². The number of ether oxygens (including phenoxy) is 2. The van der Waals surface area contributed by atoms with Crippen LogP contribution in [-0.4, -0.2) is 22.8 Å². The van der Waals surface area contributed by atoms with E-state index in [1.54, 1.807) is 30.3 Å². The van der Waals surface area contributed by atoms with Crippen molar-refractivity contribution in [2.24, 2.45) is 0 Å². The zero-order valence-electron chi connectivity index (χ0n) is 14.9. The van der Waals surface area contributed by atoms with Crippen LogP contribution in [0.3, 0.4) is 0 Å². The fraction of sp³-hybridized carbons (Fsp3) is 0.190. The molecule has 7 heteroatoms. The third-order valence-electron chi connectivity index (χ3n) is 4.80. The molecule has 1 aromatic heterocycles. The fourth-order valence-corrected chi connectivity index (χ4v) is 3.76. The van der Waals surface area contributed by atoms with E-state index in [0.29, 0.717) is 16.3 Å². The number of fused-ring (bicyclic) bond motifs is 3. The predicted octanol–water partition coefficient (Wildman–Crippen LogP) is 4.91. The first-order chi connectivity index (χ1) is 13.5. The van der Waals surface area contributed by atoms with Crippen LogP contribution in [0, 0.1) is 5.82 Å². The van der Waals surface area contributed by atoms with Crippen molar-refractivity contribution < 1.29 is 23.8 Å². The SMILES string of the molecule is COc1cccc([C@@H]2O[C@@H](CC(=O)O)c3cccn3-c3ccc(Cl)cc32)c1F. The van der Waals surface area contributed by atoms with Crippen LogP contribution in [0.4, 0.5) is 4.39 Å². The first-order valence-electron chi connectivity index (χ1n) is 8.66. The Morgan fingerprint density at radius 2 is 2.07 bits per heavy atom. The van der Waals surface area contributed by atoms with Gasteiger partial charge in [-0.2, -0.15) is 0 Å². The molecule has 0 spiro atoms. The van der Waals surface area contributed by atoms with E-state index in [1.165, 1.54) is 13.2 Å². The van der Waals surface area contributed by atoms with Gasteiger partial charge in [0.05, 0.1) is 24.9 Å². The molecule has 0 radical (unpaired) electrons. The van der Waals surface area contributed by atoms with Crippen molar-refractivity contribution in [3.8, 4) is 11.4 Å². The van der Waals surface area contributed by atoms with Gasteiger partial charge in [0.2, 0.25) is 0 Å². The van der Waals surface area contributed by atoms with E-state index >= 15 is 4.39 Å². The number of carboxylic acid groups (broad SMARTS) is 1. The minimum atomic E-state index is -1.01. The van der Waals surface area contributed by atoms with Gasteiger partial charge < -0.3 is 19.1 Å². The largest absolute Gasteiger partial charge is 0.494 e. The molecule has 0 bridgehead atoms. The minimum absolute atomic E-state index is 0.0864. The van der Waals surface area contributed by atoms with Crippen LogP contribution in [0.5, 0.6) is 5.75 Å². The molecular formula is C21H17ClFNO4. The number of carboxylic acids is 1. The summed E-state index contributed by atoms with van der Waals surface area (Å²) in [4.78, 5) is 11.4. The molecular weight excluding hydrogens is 385 g/mol. The number of benzene rings is 2. The minimum Gasteiger partial charge on any atom is -0.494 e. The first-order valence-corrected chi connectivity index (χ1v) is 9.04. The third-order valence-corrected chi connectivity index (χ3v) is 5.03. The third kappa shape index (κ3) is 3.15. The average Bonchev–Trinajstić information content (AvgIpc) is 3.11. The number of methoxy groups -OCH3 is 1. The highest BCUT2D eigenvalue weighted by molar-refractivity contribution is 6.30. The number of aromatic nitrogens is 1. The van der Waals surface area contributed by atoms with Gasteiger partial charge in [0.25, 0.3) is 0 Å². The number of hydrogen-bond acceptors (Lipinski definition) is 3. The maximum absolute atomic E-state index is 15.1. The lowest BCUT2D eigenvalue weighted by molar-refractivity contribution is -0.141. The Hall–Kier alpha value is -2.83. The topological polar surface area (TPSA) is 60.7 Å². The highest BCUT2D eigenvalue weighted by Crippen LogP contribution is 2.43. The molecule has 0 fully saturated rings. The molecule has 1 aliphatic rings. The smallest absolute Gasteiger partial charge is 0.306 e. The molecule has 2 atom stereocenters. The Morgan fingerprint density at radius 1 is 1.25 bits per heavy atom. The summed E-state index contributed by atoms with van der Waals surface area (Å²) in [6, 6.07) is 13.7. The molecule has 1 N–H and O–H groups in total. The van der Waals surface area contributed by atoms with Crippen LogP contribution in [0.15, 0.2) is 54.7 Å². The highest BCUT2D eigenvalue weighted by Gasteiger charge is 2.33. The van der Waals surface area contributed by atoms with Crippen molar-refractivity contribution in [1.29, 1.82) is 0 Å². The van der Waals surface area contributed by atoms with Crippen LogP contribution >= 0.6 is 11.6 Å². The molecule has 0 saturated heterocycles. The normalized spacial score (nSPS) is 18.1. The molecule has 0 amide bonds. The van der Waals surface area contributed by atoms with Gasteiger partial charge in [0.15, 0.2) is 11.6 Å². The molecule has 2 aromatic carbocycles. The van der Waals surface area contributed by atoms with Crippen LogP contribution in [0.25, 0.3) is 5.69 Å². The maximum atomic E-state index is 15.1. The summed E-state index contributed by atoms with van der Waals surface area (Å²) < 4.78 is 28.2. The molecule has 0 saturated carbocycles. The first kappa shape index (κ1) is 18.5. The zero-order valence-corrected chi connectivity index (χ0v) is 15.7. The van der Waals surface area contributed by atoms with E-state index in [2.05, 4.69) is 0 Å². The standard InChI is InChI=1S/C21H17ClFNO4/c1-27-17-6-2-4-13(20(17)23)21-14-10-12(22)7-8-15(14)24-9-3-5-16(24)18(28-21)11-19(25)26/h2-10,18,21H,11H2,1H3,(H,25,26)/t18-,21-/m0/s1. The van der Waals surface area contributed by atoms with Gasteiger partial charge >= 0.3 is 5.97 Å². The Bertz CT molecular complexity index is 1050. The Balaban J connectivity index is 1.95. The number of nitrogens with zero attached hydrogens (tertiary/aromatic N) is 1. The van der Waals surface area contributed by atoms with E-state index in [9.17, 15) is 9.90 Å². The molecule has 0 unspecified atom stereocenters. The van der Waals surface area contributed by atoms with Gasteiger partial charge in [-0.1, -0.05) is 23.7 Å². The number of aliphatic carboxylic acids is 1. The maximum Gasteiger partial charge on any atom is 0.306 e. The van der Waals surface area contributed by atoms with E-state index < -0.39 is 24.0 Å². The molecule has 0 aliphatic carbocycles. The summed E-state index contributed by atoms with van der Waals surface area (Å²) in [5.41, 5.74) is 2.33. The summed E-state index contributed by atoms with van der Waals surface area (Å²) in [6.45, 7) is 0. The Kier molecular flexibility index (Phi) is 4.83. The Morgan fingerprint density at radius 3 is 2.82 bits per heavy atom. The van der Waals surface area contributed by atoms with Crippen LogP contribution in [0.2, 0.25) is 5.02 Å². The summed E-state index contributed by atoms with van der Waals surface area (Å²) in [5.74, 6) is -1.48. The van der Waals surface area contributed by atoms with Gasteiger partial charge in [0.1, 0.15) is 12.2 Å². The van der Waals surface area contributed by atoms with Crippen molar-refractivity contribution in [1.82, 2.24) is 4.57 Å². The summed E-state index contributed by atoms with van der Waals surface area (Å²) in [6.07, 6.45) is -0.0550. The van der Waals surface area contributed by atoms with Gasteiger partial charge in [0, 0.05) is 22.3 Å². The number of carbonyl (C=O) groups is 1. The lowest BCUT2D eigenvalue weighted by atomic mass is 9.98. The van der Waals surface area contributed by atoms with Crippen molar-refractivity contribution in [2.45, 2.75) is 18.6 Å². The molecule has 5 nitrogen and oxygen atoms in total. The monoisotopic (exact) mass is 401 g/mol. The van der Waals surface area contributed by atoms with Crippen molar-refractivity contribution >= 4 is 17.6 Å². The van der Waals surface area contributed by atoms with Crippen molar-refractivity contribution in [3.05, 3.63) is 82.4 Å². The molecule has 4 rings (SSSR count). The summed E-state index contributed by atoms with van der Waals surface area (Å²) >= 11 is 6.23. The lowest BCUT2D eigenvalue weighted by Gasteiger charge is -2.23. The van der Waals surface area contributed by atoms with Gasteiger partial charge in [-0.15, -0.1) is 0 Å². The molecule has 2 heterocycles. The van der Waals surface area contributed by atoms with Crippen LogP contribution < -0.4 is 4.74 Å². The van der Waals surface area contributed by atoms with Crippen molar-refractivity contribution in [2.75, 3.05) is 7.11 Å². The number of halogens is 2. The van der Waals surface area contributed by atoms with Crippen molar-refractivity contribution in [3.63, 3.8) is 0 Å². The summed E-state index contributed by atoms with van der Waals surface area (Å²) in [7, 11) is 1.39. The Labute approximate surface area is 165 Å². The lowest BCUT2D eigenvalue weighted by Crippen LogP contribution is -2.15. The average molecular weight is 402 g/mol. The number of hydrogen-bond donors (Lipinski definition) is 1. The second kappa shape index (κ2) is 7.30. The van der Waals surface area contributed by atoms with Crippen LogP contribution in [0.1, 0.15) is 35.4 Å². The molecule has 28 heavy (non-hydrogen) atoms. The number of rotatable bonds is 4. The predicted molar refractivity (Wildman–Crippen MR) is 102 cm³/mol. The second-order valence-corrected chi connectivity index (χ2v) is 6.91. The van der Waals surface area contributed by atoms with Gasteiger partial charge in [-0.25, -0.2) is 4.39 Å². The van der Waals surface area contributed by atoms with E-state index in [4.69, 9.17) is 21.1 Å². The quantitative estimate of drug-likeness (QED) is 0.674.